The molecule has 0 rings (SSSR count). The van der Waals surface area contributed by atoms with Crippen LogP contribution in [0.25, 0.3) is 0 Å². The fraction of sp³-hybridized carbons (Fsp3) is 0.636. The lowest BCUT2D eigenvalue weighted by atomic mass is 10.2. The molecule has 0 saturated heterocycles. The standard InChI is InChI=1S/C11H17NO8/c12-7(11(18)20-6-4-9(15)16)1-2-10(17)19-5-3-8(13)14/h7H,1-6,12H2,(H,13,14)(H,15,16)/t7-/m0/s1. The van der Waals surface area contributed by atoms with E-state index < -0.39 is 29.9 Å². The summed E-state index contributed by atoms with van der Waals surface area (Å²) in [4.78, 5) is 42.8. The van der Waals surface area contributed by atoms with Gasteiger partial charge in [0, 0.05) is 6.42 Å². The van der Waals surface area contributed by atoms with Gasteiger partial charge in [-0.2, -0.15) is 0 Å². The maximum atomic E-state index is 11.3. The molecule has 9 nitrogen and oxygen atoms in total. The van der Waals surface area contributed by atoms with E-state index in [1.54, 1.807) is 0 Å². The van der Waals surface area contributed by atoms with Crippen LogP contribution in [0.5, 0.6) is 0 Å². The first-order valence-electron chi connectivity index (χ1n) is 5.84. The highest BCUT2D eigenvalue weighted by Gasteiger charge is 2.17. The summed E-state index contributed by atoms with van der Waals surface area (Å²) in [5.74, 6) is -3.66. The number of aliphatic carboxylic acids is 2. The third kappa shape index (κ3) is 9.83. The Hall–Kier alpha value is -2.16. The van der Waals surface area contributed by atoms with E-state index in [0.717, 1.165) is 0 Å². The minimum atomic E-state index is -1.10. The Morgan fingerprint density at radius 2 is 1.40 bits per heavy atom. The second-order valence-electron chi connectivity index (χ2n) is 3.82. The monoisotopic (exact) mass is 291 g/mol. The predicted octanol–water partition coefficient (Wildman–Crippen LogP) is -0.870. The highest BCUT2D eigenvalue weighted by atomic mass is 16.5. The van der Waals surface area contributed by atoms with Crippen molar-refractivity contribution in [2.24, 2.45) is 5.73 Å². The van der Waals surface area contributed by atoms with Crippen molar-refractivity contribution >= 4 is 23.9 Å². The van der Waals surface area contributed by atoms with Crippen molar-refractivity contribution in [2.45, 2.75) is 31.7 Å². The smallest absolute Gasteiger partial charge is 0.322 e. The molecule has 0 aliphatic carbocycles. The number of ether oxygens (including phenoxy) is 2. The molecule has 0 heterocycles. The van der Waals surface area contributed by atoms with Gasteiger partial charge in [-0.25, -0.2) is 0 Å². The van der Waals surface area contributed by atoms with Gasteiger partial charge in [0.1, 0.15) is 19.3 Å². The summed E-state index contributed by atoms with van der Waals surface area (Å²) >= 11 is 0. The van der Waals surface area contributed by atoms with Crippen molar-refractivity contribution in [3.05, 3.63) is 0 Å². The maximum Gasteiger partial charge on any atom is 0.322 e. The van der Waals surface area contributed by atoms with Gasteiger partial charge < -0.3 is 25.4 Å². The lowest BCUT2D eigenvalue weighted by Crippen LogP contribution is -2.33. The van der Waals surface area contributed by atoms with E-state index in [4.69, 9.17) is 15.9 Å². The molecule has 0 aliphatic heterocycles. The van der Waals surface area contributed by atoms with E-state index in [1.165, 1.54) is 0 Å². The van der Waals surface area contributed by atoms with E-state index in [1.807, 2.05) is 0 Å². The van der Waals surface area contributed by atoms with Crippen LogP contribution in [0.2, 0.25) is 0 Å². The summed E-state index contributed by atoms with van der Waals surface area (Å²) in [7, 11) is 0. The Morgan fingerprint density at radius 1 is 0.900 bits per heavy atom. The summed E-state index contributed by atoms with van der Waals surface area (Å²) in [6, 6.07) is -1.06. The molecular weight excluding hydrogens is 274 g/mol. The fourth-order valence-electron chi connectivity index (χ4n) is 1.06. The van der Waals surface area contributed by atoms with Gasteiger partial charge in [-0.05, 0) is 6.42 Å². The predicted molar refractivity (Wildman–Crippen MR) is 63.6 cm³/mol. The van der Waals surface area contributed by atoms with Crippen LogP contribution < -0.4 is 5.73 Å². The molecule has 0 aromatic rings. The molecule has 0 aromatic heterocycles. The maximum absolute atomic E-state index is 11.3. The average molecular weight is 291 g/mol. The Balaban J connectivity index is 3.76. The molecule has 0 saturated carbocycles. The molecule has 0 spiro atoms. The molecule has 0 aromatic carbocycles. The number of hydrogen-bond donors (Lipinski definition) is 3. The largest absolute Gasteiger partial charge is 0.481 e. The third-order valence-electron chi connectivity index (χ3n) is 2.10. The number of carboxylic acids is 2. The van der Waals surface area contributed by atoms with Crippen molar-refractivity contribution in [3.63, 3.8) is 0 Å². The van der Waals surface area contributed by atoms with E-state index in [-0.39, 0.29) is 38.9 Å². The summed E-state index contributed by atoms with van der Waals surface area (Å²) < 4.78 is 9.18. The molecule has 0 bridgehead atoms. The lowest BCUT2D eigenvalue weighted by molar-refractivity contribution is -0.148. The topological polar surface area (TPSA) is 153 Å². The quantitative estimate of drug-likeness (QED) is 0.436. The number of carboxylic acid groups (broad SMARTS) is 2. The molecule has 114 valence electrons. The minimum absolute atomic E-state index is 0.0300. The molecule has 0 amide bonds. The van der Waals surface area contributed by atoms with Crippen molar-refractivity contribution in [3.8, 4) is 0 Å². The molecule has 1 atom stereocenters. The van der Waals surface area contributed by atoms with E-state index in [9.17, 15) is 19.2 Å². The van der Waals surface area contributed by atoms with Crippen LogP contribution in [-0.4, -0.2) is 53.3 Å². The van der Waals surface area contributed by atoms with Crippen LogP contribution in [0.4, 0.5) is 0 Å². The van der Waals surface area contributed by atoms with Gasteiger partial charge in [-0.3, -0.25) is 19.2 Å². The van der Waals surface area contributed by atoms with E-state index in [0.29, 0.717) is 0 Å². The first kappa shape index (κ1) is 17.8. The molecule has 4 N–H and O–H groups in total. The summed E-state index contributed by atoms with van der Waals surface area (Å²) in [5, 5.41) is 16.7. The Kier molecular flexibility index (Phi) is 8.68. The first-order chi connectivity index (χ1) is 9.32. The molecular formula is C11H17NO8. The zero-order valence-electron chi connectivity index (χ0n) is 10.7. The number of rotatable bonds is 10. The normalized spacial score (nSPS) is 11.4. The third-order valence-corrected chi connectivity index (χ3v) is 2.10. The molecule has 0 unspecified atom stereocenters. The Labute approximate surface area is 114 Å². The van der Waals surface area contributed by atoms with Gasteiger partial charge in [-0.15, -0.1) is 0 Å². The van der Waals surface area contributed by atoms with Gasteiger partial charge in [0.05, 0.1) is 12.8 Å². The zero-order chi connectivity index (χ0) is 15.5. The second-order valence-corrected chi connectivity index (χ2v) is 3.82. The first-order valence-corrected chi connectivity index (χ1v) is 5.84. The summed E-state index contributed by atoms with van der Waals surface area (Å²) in [6.07, 6.45) is -0.808. The SMILES string of the molecule is N[C@@H](CCC(=O)OCCC(=O)O)C(=O)OCCC(=O)O. The van der Waals surface area contributed by atoms with Crippen molar-refractivity contribution in [1.82, 2.24) is 0 Å². The van der Waals surface area contributed by atoms with Crippen LogP contribution in [-0.2, 0) is 28.7 Å². The molecule has 0 fully saturated rings. The van der Waals surface area contributed by atoms with Gasteiger partial charge in [0.25, 0.3) is 0 Å². The fourth-order valence-corrected chi connectivity index (χ4v) is 1.06. The van der Waals surface area contributed by atoms with Crippen LogP contribution in [0.1, 0.15) is 25.7 Å². The highest BCUT2D eigenvalue weighted by molar-refractivity contribution is 5.77. The summed E-state index contributed by atoms with van der Waals surface area (Å²) in [6.45, 7) is -0.530. The number of carbonyl (C=O) groups excluding carboxylic acids is 2. The second kappa shape index (κ2) is 9.73. The van der Waals surface area contributed by atoms with Crippen LogP contribution in [0.3, 0.4) is 0 Å². The van der Waals surface area contributed by atoms with Gasteiger partial charge in [0.15, 0.2) is 0 Å². The number of carbonyl (C=O) groups is 4. The summed E-state index contributed by atoms with van der Waals surface area (Å²) in [5.41, 5.74) is 5.44. The average Bonchev–Trinajstić information content (AvgIpc) is 2.34. The van der Waals surface area contributed by atoms with Gasteiger partial charge >= 0.3 is 23.9 Å². The Bertz CT molecular complexity index is 367. The van der Waals surface area contributed by atoms with Gasteiger partial charge in [0.2, 0.25) is 0 Å². The molecule has 0 radical (unpaired) electrons. The minimum Gasteiger partial charge on any atom is -0.481 e. The number of esters is 2. The van der Waals surface area contributed by atoms with Crippen LogP contribution >= 0.6 is 0 Å². The lowest BCUT2D eigenvalue weighted by Gasteiger charge is -2.10. The van der Waals surface area contributed by atoms with Gasteiger partial charge in [-0.1, -0.05) is 0 Å². The van der Waals surface area contributed by atoms with Crippen LogP contribution in [0.15, 0.2) is 0 Å². The molecule has 20 heavy (non-hydrogen) atoms. The number of nitrogens with two attached hydrogens (primary N) is 1. The van der Waals surface area contributed by atoms with Crippen molar-refractivity contribution < 1.29 is 38.9 Å². The van der Waals surface area contributed by atoms with Crippen LogP contribution in [0, 0.1) is 0 Å². The zero-order valence-corrected chi connectivity index (χ0v) is 10.7. The number of hydrogen-bond acceptors (Lipinski definition) is 7. The Morgan fingerprint density at radius 3 is 1.90 bits per heavy atom. The van der Waals surface area contributed by atoms with Crippen molar-refractivity contribution in [2.75, 3.05) is 13.2 Å². The van der Waals surface area contributed by atoms with E-state index >= 15 is 0 Å². The van der Waals surface area contributed by atoms with Crippen molar-refractivity contribution in [1.29, 1.82) is 0 Å². The molecule has 9 heteroatoms. The molecule has 0 aliphatic rings. The highest BCUT2D eigenvalue weighted by Crippen LogP contribution is 2.00. The van der Waals surface area contributed by atoms with E-state index in [2.05, 4.69) is 9.47 Å².